The standard InChI is InChI=1S/C18H16ClF2N5O/c1-8(2)18-23-16(24-27-18)14-13-15-17(26(13)14)22-5-6-25(15)7-9-10(20)3-4-11(21)12(9)19/h3-4,8,22H,5-7H2,1-2H3. The summed E-state index contributed by atoms with van der Waals surface area (Å²) in [5.74, 6) is 1.07. The molecule has 0 fully saturated rings. The van der Waals surface area contributed by atoms with E-state index in [-0.39, 0.29) is 23.0 Å². The SMILES string of the molecule is CC(C)c1nc(-c2c3c4c(n2-3)NCCN4Cc2c(F)ccc(F)c2Cl)no1. The first kappa shape index (κ1) is 16.6. The number of anilines is 2. The summed E-state index contributed by atoms with van der Waals surface area (Å²) in [5, 5.41) is 7.22. The lowest BCUT2D eigenvalue weighted by molar-refractivity contribution is 0.365. The Labute approximate surface area is 158 Å². The van der Waals surface area contributed by atoms with Crippen LogP contribution in [0.3, 0.4) is 0 Å². The van der Waals surface area contributed by atoms with Gasteiger partial charge in [0.1, 0.15) is 34.5 Å². The quantitative estimate of drug-likeness (QED) is 0.525. The highest BCUT2D eigenvalue weighted by atomic mass is 35.5. The summed E-state index contributed by atoms with van der Waals surface area (Å²) in [4.78, 5) is 6.44. The lowest BCUT2D eigenvalue weighted by Crippen LogP contribution is -2.36. The van der Waals surface area contributed by atoms with Gasteiger partial charge in [0, 0.05) is 31.1 Å². The highest BCUT2D eigenvalue weighted by Crippen LogP contribution is 2.58. The Morgan fingerprint density at radius 1 is 1.26 bits per heavy atom. The fourth-order valence-corrected chi connectivity index (χ4v) is 3.70. The molecular weight excluding hydrogens is 376 g/mol. The molecule has 5 rings (SSSR count). The zero-order valence-electron chi connectivity index (χ0n) is 14.7. The molecule has 1 N–H and O–H groups in total. The summed E-state index contributed by atoms with van der Waals surface area (Å²) in [7, 11) is 0. The molecule has 0 unspecified atom stereocenters. The fourth-order valence-electron chi connectivity index (χ4n) is 3.49. The van der Waals surface area contributed by atoms with Gasteiger partial charge in [-0.1, -0.05) is 30.6 Å². The topological polar surface area (TPSA) is 59.1 Å². The van der Waals surface area contributed by atoms with Crippen LogP contribution < -0.4 is 10.2 Å². The van der Waals surface area contributed by atoms with Crippen molar-refractivity contribution in [1.82, 2.24) is 14.7 Å². The molecule has 1 aromatic carbocycles. The van der Waals surface area contributed by atoms with Gasteiger partial charge in [0.05, 0.1) is 5.02 Å². The van der Waals surface area contributed by atoms with Crippen LogP contribution in [0.5, 0.6) is 0 Å². The molecule has 0 atom stereocenters. The highest BCUT2D eigenvalue weighted by Gasteiger charge is 2.45. The fraction of sp³-hybridized carbons (Fsp3) is 0.333. The number of aromatic nitrogens is 3. The number of rotatable bonds is 4. The first-order valence-corrected chi connectivity index (χ1v) is 9.09. The van der Waals surface area contributed by atoms with E-state index in [0.29, 0.717) is 24.8 Å². The van der Waals surface area contributed by atoms with Crippen molar-refractivity contribution in [1.29, 1.82) is 0 Å². The third-order valence-electron chi connectivity index (χ3n) is 4.92. The van der Waals surface area contributed by atoms with Crippen molar-refractivity contribution in [2.75, 3.05) is 23.3 Å². The molecule has 0 aliphatic carbocycles. The van der Waals surface area contributed by atoms with E-state index in [1.165, 1.54) is 0 Å². The molecule has 9 heteroatoms. The number of nitrogens with zero attached hydrogens (tertiary/aromatic N) is 4. The molecule has 2 aromatic rings. The van der Waals surface area contributed by atoms with Crippen molar-refractivity contribution in [2.45, 2.75) is 26.3 Å². The lowest BCUT2D eigenvalue weighted by atomic mass is 10.1. The highest BCUT2D eigenvalue weighted by molar-refractivity contribution is 6.31. The van der Waals surface area contributed by atoms with Crippen molar-refractivity contribution in [3.05, 3.63) is 40.2 Å². The Balaban J connectivity index is 1.49. The zero-order chi connectivity index (χ0) is 18.9. The van der Waals surface area contributed by atoms with Crippen molar-refractivity contribution < 1.29 is 13.3 Å². The third kappa shape index (κ3) is 2.36. The minimum Gasteiger partial charge on any atom is -0.368 e. The van der Waals surface area contributed by atoms with Crippen LogP contribution in [0, 0.1) is 11.6 Å². The Bertz CT molecular complexity index is 1070. The summed E-state index contributed by atoms with van der Waals surface area (Å²) < 4.78 is 35.2. The zero-order valence-corrected chi connectivity index (χ0v) is 15.4. The number of hydrogen-bond acceptors (Lipinski definition) is 5. The maximum Gasteiger partial charge on any atom is 0.229 e. The van der Waals surface area contributed by atoms with Gasteiger partial charge in [-0.25, -0.2) is 8.78 Å². The van der Waals surface area contributed by atoms with Crippen LogP contribution >= 0.6 is 11.6 Å². The van der Waals surface area contributed by atoms with Crippen molar-refractivity contribution in [3.63, 3.8) is 0 Å². The Kier molecular flexibility index (Phi) is 3.49. The van der Waals surface area contributed by atoms with Crippen LogP contribution in [0.4, 0.5) is 20.3 Å². The van der Waals surface area contributed by atoms with Gasteiger partial charge in [0.25, 0.3) is 0 Å². The molecular formula is C18H16ClF2N5O. The smallest absolute Gasteiger partial charge is 0.229 e. The molecule has 0 radical (unpaired) electrons. The number of nitrogens with one attached hydrogen (secondary N) is 1. The van der Waals surface area contributed by atoms with Gasteiger partial charge in [0.2, 0.25) is 11.7 Å². The maximum absolute atomic E-state index is 14.2. The normalized spacial score (nSPS) is 14.5. The first-order chi connectivity index (χ1) is 13.0. The van der Waals surface area contributed by atoms with Crippen molar-refractivity contribution in [2.24, 2.45) is 0 Å². The van der Waals surface area contributed by atoms with Crippen LogP contribution in [0.2, 0.25) is 5.02 Å². The van der Waals surface area contributed by atoms with Gasteiger partial charge >= 0.3 is 0 Å². The average Bonchev–Trinajstić information content (AvgIpc) is 3.01. The van der Waals surface area contributed by atoms with Gasteiger partial charge in [-0.2, -0.15) is 4.98 Å². The lowest BCUT2D eigenvalue weighted by Gasteiger charge is -2.34. The van der Waals surface area contributed by atoms with Gasteiger partial charge in [-0.05, 0) is 12.1 Å². The first-order valence-electron chi connectivity index (χ1n) is 8.71. The van der Waals surface area contributed by atoms with Crippen molar-refractivity contribution in [3.8, 4) is 17.2 Å². The van der Waals surface area contributed by atoms with E-state index >= 15 is 0 Å². The van der Waals surface area contributed by atoms with Gasteiger partial charge in [-0.15, -0.1) is 0 Å². The van der Waals surface area contributed by atoms with E-state index in [2.05, 4.69) is 15.5 Å². The number of hydrogen-bond donors (Lipinski definition) is 1. The van der Waals surface area contributed by atoms with E-state index in [0.717, 1.165) is 35.0 Å². The second kappa shape index (κ2) is 5.69. The molecule has 27 heavy (non-hydrogen) atoms. The molecule has 0 saturated carbocycles. The predicted molar refractivity (Wildman–Crippen MR) is 97.6 cm³/mol. The minimum absolute atomic E-state index is 0.151. The molecule has 3 aliphatic heterocycles. The van der Waals surface area contributed by atoms with E-state index in [1.807, 2.05) is 23.3 Å². The molecule has 0 saturated heterocycles. The Hall–Kier alpha value is -2.61. The van der Waals surface area contributed by atoms with Crippen LogP contribution in [-0.2, 0) is 6.54 Å². The molecule has 1 aromatic heterocycles. The third-order valence-corrected chi connectivity index (χ3v) is 5.33. The van der Waals surface area contributed by atoms with Crippen LogP contribution in [-0.4, -0.2) is 27.8 Å². The number of benzene rings is 1. The summed E-state index contributed by atoms with van der Waals surface area (Å²) in [6, 6.07) is 2.15. The molecule has 140 valence electrons. The van der Waals surface area contributed by atoms with E-state index in [4.69, 9.17) is 16.1 Å². The Morgan fingerprint density at radius 3 is 2.78 bits per heavy atom. The van der Waals surface area contributed by atoms with Gasteiger partial charge in [-0.3, -0.25) is 4.57 Å². The van der Waals surface area contributed by atoms with E-state index in [9.17, 15) is 8.78 Å². The van der Waals surface area contributed by atoms with Gasteiger partial charge < -0.3 is 14.7 Å². The second-order valence-corrected chi connectivity index (χ2v) is 7.39. The van der Waals surface area contributed by atoms with Crippen molar-refractivity contribution >= 4 is 23.1 Å². The predicted octanol–water partition coefficient (Wildman–Crippen LogP) is 4.33. The molecule has 0 spiro atoms. The number of halogens is 3. The average molecular weight is 392 g/mol. The molecule has 3 aliphatic rings. The van der Waals surface area contributed by atoms with Crippen LogP contribution in [0.15, 0.2) is 16.7 Å². The van der Waals surface area contributed by atoms with Crippen LogP contribution in [0.1, 0.15) is 31.2 Å². The van der Waals surface area contributed by atoms with E-state index in [1.54, 1.807) is 0 Å². The number of fused-ring (bicyclic) bond motifs is 4. The van der Waals surface area contributed by atoms with Gasteiger partial charge in [0.15, 0.2) is 0 Å². The minimum atomic E-state index is -0.619. The monoisotopic (exact) mass is 391 g/mol. The largest absolute Gasteiger partial charge is 0.368 e. The molecule has 0 amide bonds. The summed E-state index contributed by atoms with van der Waals surface area (Å²) >= 11 is 6.00. The second-order valence-electron chi connectivity index (χ2n) is 7.01. The molecule has 0 bridgehead atoms. The molecule has 6 nitrogen and oxygen atoms in total. The molecule has 4 heterocycles. The summed E-state index contributed by atoms with van der Waals surface area (Å²) in [6.07, 6.45) is 0. The summed E-state index contributed by atoms with van der Waals surface area (Å²) in [5.41, 5.74) is 2.99. The van der Waals surface area contributed by atoms with Crippen LogP contribution in [0.25, 0.3) is 17.2 Å². The maximum atomic E-state index is 14.2. The summed E-state index contributed by atoms with van der Waals surface area (Å²) in [6.45, 7) is 5.51. The van der Waals surface area contributed by atoms with E-state index < -0.39 is 11.6 Å². The Morgan fingerprint density at radius 2 is 2.04 bits per heavy atom.